The van der Waals surface area contributed by atoms with Gasteiger partial charge in [0.25, 0.3) is 5.56 Å². The van der Waals surface area contributed by atoms with Crippen molar-refractivity contribution in [3.63, 3.8) is 0 Å². The molecule has 4 rings (SSSR count). The maximum Gasteiger partial charge on any atom is 0.330 e. The fraction of sp³-hybridized carbons (Fsp3) is 0.542. The fourth-order valence-corrected chi connectivity index (χ4v) is 4.86. The SMILES string of the molecule is CC(=O)OCCOC1(O[C@@H]2[C@H](O)[C@@H](CO)O[C@H]2n2ccc(=O)[nH]c2=O)CCN(c2ccccc2Cl)CC1. The van der Waals surface area contributed by atoms with Gasteiger partial charge in [0.2, 0.25) is 0 Å². The van der Waals surface area contributed by atoms with Crippen molar-refractivity contribution in [3.8, 4) is 0 Å². The van der Waals surface area contributed by atoms with Gasteiger partial charge in [-0.15, -0.1) is 0 Å². The van der Waals surface area contributed by atoms with Crippen LogP contribution in [0.3, 0.4) is 0 Å². The first-order chi connectivity index (χ1) is 17.7. The average Bonchev–Trinajstić information content (AvgIpc) is 3.17. The molecule has 202 valence electrons. The van der Waals surface area contributed by atoms with E-state index in [1.54, 1.807) is 6.07 Å². The number of anilines is 1. The number of halogens is 1. The minimum Gasteiger partial charge on any atom is -0.463 e. The molecule has 12 nitrogen and oxygen atoms in total. The second-order valence-corrected chi connectivity index (χ2v) is 9.28. The molecule has 2 saturated heterocycles. The maximum absolute atomic E-state index is 12.5. The smallest absolute Gasteiger partial charge is 0.330 e. The largest absolute Gasteiger partial charge is 0.463 e. The van der Waals surface area contributed by atoms with Crippen LogP contribution in [0.4, 0.5) is 5.69 Å². The Bertz CT molecular complexity index is 1190. The molecule has 1 aromatic carbocycles. The van der Waals surface area contributed by atoms with E-state index in [9.17, 15) is 24.6 Å². The number of hydrogen-bond donors (Lipinski definition) is 3. The molecule has 0 radical (unpaired) electrons. The van der Waals surface area contributed by atoms with E-state index < -0.39 is 54.2 Å². The lowest BCUT2D eigenvalue weighted by atomic mass is 10.0. The van der Waals surface area contributed by atoms with Crippen molar-refractivity contribution in [2.75, 3.05) is 37.8 Å². The Morgan fingerprint density at radius 3 is 2.59 bits per heavy atom. The van der Waals surface area contributed by atoms with Crippen molar-refractivity contribution in [2.24, 2.45) is 0 Å². The van der Waals surface area contributed by atoms with Gasteiger partial charge < -0.3 is 34.1 Å². The molecule has 3 N–H and O–H groups in total. The van der Waals surface area contributed by atoms with Crippen LogP contribution in [0.15, 0.2) is 46.1 Å². The molecule has 13 heteroatoms. The third-order valence-electron chi connectivity index (χ3n) is 6.44. The van der Waals surface area contributed by atoms with Crippen molar-refractivity contribution in [1.29, 1.82) is 0 Å². The summed E-state index contributed by atoms with van der Waals surface area (Å²) < 4.78 is 24.4. The third-order valence-corrected chi connectivity index (χ3v) is 6.76. The molecule has 2 aromatic rings. The van der Waals surface area contributed by atoms with Crippen LogP contribution in [-0.2, 0) is 23.7 Å². The molecule has 1 aromatic heterocycles. The van der Waals surface area contributed by atoms with E-state index >= 15 is 0 Å². The van der Waals surface area contributed by atoms with Gasteiger partial charge in [-0.25, -0.2) is 4.79 Å². The second kappa shape index (κ2) is 11.8. The summed E-state index contributed by atoms with van der Waals surface area (Å²) in [6.07, 6.45) is -2.67. The zero-order chi connectivity index (χ0) is 26.6. The lowest BCUT2D eigenvalue weighted by Gasteiger charge is -2.44. The van der Waals surface area contributed by atoms with Gasteiger partial charge in [-0.1, -0.05) is 23.7 Å². The molecule has 2 aliphatic heterocycles. The summed E-state index contributed by atoms with van der Waals surface area (Å²) in [5.41, 5.74) is -0.483. The van der Waals surface area contributed by atoms with E-state index in [0.29, 0.717) is 31.0 Å². The number of aromatic amines is 1. The quantitative estimate of drug-likeness (QED) is 0.232. The number of rotatable bonds is 9. The number of aromatic nitrogens is 2. The van der Waals surface area contributed by atoms with E-state index in [1.165, 1.54) is 13.1 Å². The van der Waals surface area contributed by atoms with Crippen LogP contribution in [0.25, 0.3) is 0 Å². The van der Waals surface area contributed by atoms with Crippen LogP contribution in [0.5, 0.6) is 0 Å². The number of hydrogen-bond acceptors (Lipinski definition) is 10. The highest BCUT2D eigenvalue weighted by Crippen LogP contribution is 2.39. The Morgan fingerprint density at radius 1 is 1.22 bits per heavy atom. The number of ether oxygens (including phenoxy) is 4. The summed E-state index contributed by atoms with van der Waals surface area (Å²) in [5, 5.41) is 21.3. The van der Waals surface area contributed by atoms with E-state index in [4.69, 9.17) is 30.5 Å². The summed E-state index contributed by atoms with van der Waals surface area (Å²) in [7, 11) is 0. The first-order valence-corrected chi connectivity index (χ1v) is 12.3. The van der Waals surface area contributed by atoms with Gasteiger partial charge in [0.15, 0.2) is 12.0 Å². The molecule has 2 fully saturated rings. The van der Waals surface area contributed by atoms with Crippen LogP contribution in [0.2, 0.25) is 5.02 Å². The number of aliphatic hydroxyl groups is 2. The summed E-state index contributed by atoms with van der Waals surface area (Å²) in [5.74, 6) is -1.68. The Labute approximate surface area is 217 Å². The number of aliphatic hydroxyl groups excluding tert-OH is 2. The van der Waals surface area contributed by atoms with E-state index in [2.05, 4.69) is 9.88 Å². The summed E-state index contributed by atoms with van der Waals surface area (Å²) in [4.78, 5) is 39.5. The van der Waals surface area contributed by atoms with Gasteiger partial charge in [-0.05, 0) is 12.1 Å². The normalized spacial score (nSPS) is 25.2. The zero-order valence-corrected chi connectivity index (χ0v) is 21.0. The number of nitrogens with zero attached hydrogens (tertiary/aromatic N) is 2. The standard InChI is InChI=1S/C24H30ClN3O9/c1-15(30)34-12-13-35-24(7-10-27(11-8-24)17-5-3-2-4-16(17)25)37-21-20(32)18(14-29)36-22(21)28-9-6-19(31)26-23(28)33/h2-6,9,18,20-22,29,32H,7-8,10-14H2,1H3,(H,26,31,33)/t18-,20-,21-,22-/m1/s1. The number of carbonyl (C=O) groups is 1. The molecule has 0 spiro atoms. The highest BCUT2D eigenvalue weighted by atomic mass is 35.5. The van der Waals surface area contributed by atoms with Gasteiger partial charge in [-0.3, -0.25) is 19.1 Å². The predicted molar refractivity (Wildman–Crippen MR) is 131 cm³/mol. The predicted octanol–water partition coefficient (Wildman–Crippen LogP) is 0.402. The maximum atomic E-state index is 12.5. The van der Waals surface area contributed by atoms with E-state index in [1.807, 2.05) is 18.2 Å². The molecule has 4 atom stereocenters. The van der Waals surface area contributed by atoms with Crippen molar-refractivity contribution in [3.05, 3.63) is 62.4 Å². The third kappa shape index (κ3) is 6.22. The number of piperidine rings is 1. The Balaban J connectivity index is 1.58. The Kier molecular flexibility index (Phi) is 8.67. The van der Waals surface area contributed by atoms with Gasteiger partial charge in [0.1, 0.15) is 24.9 Å². The van der Waals surface area contributed by atoms with Gasteiger partial charge in [-0.2, -0.15) is 0 Å². The lowest BCUT2D eigenvalue weighted by molar-refractivity contribution is -0.289. The second-order valence-electron chi connectivity index (χ2n) is 8.88. The number of H-pyrrole nitrogens is 1. The molecule has 3 heterocycles. The van der Waals surface area contributed by atoms with Crippen LogP contribution in [0.1, 0.15) is 26.0 Å². The number of benzene rings is 1. The van der Waals surface area contributed by atoms with E-state index in [-0.39, 0.29) is 13.2 Å². The van der Waals surface area contributed by atoms with Crippen LogP contribution >= 0.6 is 11.6 Å². The zero-order valence-electron chi connectivity index (χ0n) is 20.2. The number of carbonyl (C=O) groups excluding carboxylic acids is 1. The Morgan fingerprint density at radius 2 is 1.95 bits per heavy atom. The molecule has 37 heavy (non-hydrogen) atoms. The molecule has 0 aliphatic carbocycles. The topological polar surface area (TPSA) is 153 Å². The van der Waals surface area contributed by atoms with Crippen molar-refractivity contribution < 1.29 is 34.0 Å². The van der Waals surface area contributed by atoms with Crippen LogP contribution < -0.4 is 16.1 Å². The van der Waals surface area contributed by atoms with Crippen molar-refractivity contribution in [2.45, 2.75) is 50.1 Å². The molecular formula is C24H30ClN3O9. The van der Waals surface area contributed by atoms with Crippen molar-refractivity contribution >= 4 is 23.3 Å². The molecule has 2 aliphatic rings. The van der Waals surface area contributed by atoms with Gasteiger partial charge in [0, 0.05) is 45.1 Å². The molecule has 0 saturated carbocycles. The van der Waals surface area contributed by atoms with Crippen LogP contribution in [0, 0.1) is 0 Å². The molecule has 0 amide bonds. The fourth-order valence-electron chi connectivity index (χ4n) is 4.60. The highest BCUT2D eigenvalue weighted by Gasteiger charge is 2.50. The van der Waals surface area contributed by atoms with Crippen LogP contribution in [-0.4, -0.2) is 82.7 Å². The minimum atomic E-state index is -1.30. The molecule has 0 bridgehead atoms. The average molecular weight is 540 g/mol. The van der Waals surface area contributed by atoms with Gasteiger partial charge in [0.05, 0.1) is 23.9 Å². The minimum absolute atomic E-state index is 0.000461. The molecular weight excluding hydrogens is 510 g/mol. The van der Waals surface area contributed by atoms with Gasteiger partial charge >= 0.3 is 11.7 Å². The number of para-hydroxylation sites is 1. The highest BCUT2D eigenvalue weighted by molar-refractivity contribution is 6.33. The van der Waals surface area contributed by atoms with E-state index in [0.717, 1.165) is 16.3 Å². The monoisotopic (exact) mass is 539 g/mol. The summed E-state index contributed by atoms with van der Waals surface area (Å²) >= 11 is 6.38. The number of nitrogens with one attached hydrogen (secondary N) is 1. The summed E-state index contributed by atoms with van der Waals surface area (Å²) in [6.45, 7) is 1.79. The molecule has 0 unspecified atom stereocenters. The Hall–Kier alpha value is -2.74. The first-order valence-electron chi connectivity index (χ1n) is 11.9. The van der Waals surface area contributed by atoms with Crippen molar-refractivity contribution in [1.82, 2.24) is 9.55 Å². The lowest BCUT2D eigenvalue weighted by Crippen LogP contribution is -2.53. The summed E-state index contributed by atoms with van der Waals surface area (Å²) in [6, 6.07) is 8.60. The number of esters is 1. The first kappa shape index (κ1) is 27.3.